The molecule has 1 aliphatic heterocycles. The Bertz CT molecular complexity index is 739. The van der Waals surface area contributed by atoms with E-state index in [9.17, 15) is 14.9 Å². The van der Waals surface area contributed by atoms with E-state index in [0.29, 0.717) is 27.4 Å². The maximum Gasteiger partial charge on any atom is 0.292 e. The van der Waals surface area contributed by atoms with Gasteiger partial charge in [-0.05, 0) is 42.3 Å². The van der Waals surface area contributed by atoms with Crippen LogP contribution in [-0.4, -0.2) is 29.1 Å². The lowest BCUT2D eigenvalue weighted by Gasteiger charge is -2.03. The van der Waals surface area contributed by atoms with Gasteiger partial charge in [-0.25, -0.2) is 0 Å². The molecule has 1 saturated carbocycles. The van der Waals surface area contributed by atoms with E-state index < -0.39 is 4.92 Å². The van der Waals surface area contributed by atoms with Gasteiger partial charge < -0.3 is 10.6 Å². The lowest BCUT2D eigenvalue weighted by atomic mass is 10.1. The Hall–Kier alpha value is -2.35. The zero-order valence-corrected chi connectivity index (χ0v) is 14.1. The summed E-state index contributed by atoms with van der Waals surface area (Å²) < 4.78 is 0. The Morgan fingerprint density at radius 1 is 1.42 bits per heavy atom. The molecule has 8 heteroatoms. The maximum absolute atomic E-state index is 12.1. The monoisotopic (exact) mass is 346 g/mol. The van der Waals surface area contributed by atoms with Crippen LogP contribution in [0.2, 0.25) is 0 Å². The molecule has 1 amide bonds. The summed E-state index contributed by atoms with van der Waals surface area (Å²) in [5.41, 5.74) is 1.03. The molecule has 2 aliphatic rings. The van der Waals surface area contributed by atoms with Crippen LogP contribution < -0.4 is 10.6 Å². The van der Waals surface area contributed by atoms with Gasteiger partial charge in [0.05, 0.1) is 15.9 Å². The second-order valence-corrected chi connectivity index (χ2v) is 6.75. The Morgan fingerprint density at radius 3 is 2.83 bits per heavy atom. The molecule has 2 N–H and O–H groups in total. The number of nitrogens with zero attached hydrogens (tertiary/aromatic N) is 2. The van der Waals surface area contributed by atoms with Crippen molar-refractivity contribution in [1.29, 1.82) is 0 Å². The van der Waals surface area contributed by atoms with E-state index in [4.69, 9.17) is 0 Å². The summed E-state index contributed by atoms with van der Waals surface area (Å²) in [6.45, 7) is 0. The highest BCUT2D eigenvalue weighted by molar-refractivity contribution is 8.18. The lowest BCUT2D eigenvalue weighted by Crippen LogP contribution is -2.21. The first-order valence-corrected chi connectivity index (χ1v) is 8.63. The molecule has 1 aliphatic carbocycles. The number of amides is 1. The molecule has 24 heavy (non-hydrogen) atoms. The van der Waals surface area contributed by atoms with Crippen LogP contribution in [0, 0.1) is 10.1 Å². The van der Waals surface area contributed by atoms with Gasteiger partial charge in [-0.3, -0.25) is 19.9 Å². The van der Waals surface area contributed by atoms with Crippen LogP contribution in [0.25, 0.3) is 6.08 Å². The van der Waals surface area contributed by atoms with Crippen molar-refractivity contribution >= 4 is 40.3 Å². The highest BCUT2D eigenvalue weighted by atomic mass is 32.2. The molecule has 126 valence electrons. The van der Waals surface area contributed by atoms with Gasteiger partial charge in [-0.2, -0.15) is 0 Å². The van der Waals surface area contributed by atoms with E-state index in [1.165, 1.54) is 30.7 Å². The number of hydrogen-bond donors (Lipinski definition) is 2. The van der Waals surface area contributed by atoms with Crippen molar-refractivity contribution in [3.05, 3.63) is 38.8 Å². The fourth-order valence-corrected chi connectivity index (χ4v) is 3.73. The van der Waals surface area contributed by atoms with Gasteiger partial charge >= 0.3 is 0 Å². The third-order valence-electron chi connectivity index (χ3n) is 4.06. The van der Waals surface area contributed by atoms with Crippen molar-refractivity contribution in [3.63, 3.8) is 0 Å². The number of carbonyl (C=O) groups excluding carboxylic acids is 1. The number of nitro benzene ring substituents is 1. The second kappa shape index (κ2) is 7.04. The number of nitrogens with one attached hydrogen (secondary N) is 2. The molecule has 3 rings (SSSR count). The summed E-state index contributed by atoms with van der Waals surface area (Å²) >= 11 is 1.29. The second-order valence-electron chi connectivity index (χ2n) is 5.72. The molecule has 1 aromatic carbocycles. The third-order valence-corrected chi connectivity index (χ3v) is 4.98. The molecular weight excluding hydrogens is 328 g/mol. The SMILES string of the molecule is CNc1ccc(C=C2SC(=NC3CCCC3)NC2=O)cc1[N+](=O)[O-]. The minimum atomic E-state index is -0.442. The van der Waals surface area contributed by atoms with Gasteiger partial charge in [0.15, 0.2) is 5.17 Å². The standard InChI is InChI=1S/C16H18N4O3S/c1-17-12-7-6-10(8-13(12)20(22)23)9-14-15(21)19-16(24-14)18-11-4-2-3-5-11/h6-9,11,17H,2-5H2,1H3,(H,18,19,21). The summed E-state index contributed by atoms with van der Waals surface area (Å²) in [4.78, 5) is 27.8. The van der Waals surface area contributed by atoms with Crippen LogP contribution in [0.3, 0.4) is 0 Å². The summed E-state index contributed by atoms with van der Waals surface area (Å²) in [5.74, 6) is -0.211. The number of hydrogen-bond acceptors (Lipinski definition) is 6. The largest absolute Gasteiger partial charge is 0.383 e. The van der Waals surface area contributed by atoms with Crippen molar-refractivity contribution in [2.45, 2.75) is 31.7 Å². The summed E-state index contributed by atoms with van der Waals surface area (Å²) in [6.07, 6.45) is 6.16. The first-order chi connectivity index (χ1) is 11.6. The number of thioether (sulfide) groups is 1. The van der Waals surface area contributed by atoms with Gasteiger partial charge in [0.2, 0.25) is 0 Å². The zero-order chi connectivity index (χ0) is 17.1. The van der Waals surface area contributed by atoms with Gasteiger partial charge in [0.1, 0.15) is 5.69 Å². The molecule has 0 unspecified atom stereocenters. The van der Waals surface area contributed by atoms with Crippen LogP contribution in [-0.2, 0) is 4.79 Å². The highest BCUT2D eigenvalue weighted by Gasteiger charge is 2.26. The van der Waals surface area contributed by atoms with Gasteiger partial charge in [0, 0.05) is 13.1 Å². The van der Waals surface area contributed by atoms with Gasteiger partial charge in [-0.15, -0.1) is 0 Å². The molecule has 0 spiro atoms. The number of benzene rings is 1. The fourth-order valence-electron chi connectivity index (χ4n) is 2.84. The smallest absolute Gasteiger partial charge is 0.292 e. The number of amidine groups is 1. The molecule has 0 radical (unpaired) electrons. The fraction of sp³-hybridized carbons (Fsp3) is 0.375. The summed E-state index contributed by atoms with van der Waals surface area (Å²) in [6, 6.07) is 5.13. The number of carbonyl (C=O) groups is 1. The van der Waals surface area contributed by atoms with Crippen LogP contribution in [0.15, 0.2) is 28.1 Å². The zero-order valence-electron chi connectivity index (χ0n) is 13.2. The topological polar surface area (TPSA) is 96.6 Å². The Balaban J connectivity index is 1.82. The molecule has 7 nitrogen and oxygen atoms in total. The number of nitro groups is 1. The molecule has 2 fully saturated rings. The van der Waals surface area contributed by atoms with Crippen LogP contribution >= 0.6 is 11.8 Å². The van der Waals surface area contributed by atoms with E-state index in [2.05, 4.69) is 15.6 Å². The lowest BCUT2D eigenvalue weighted by molar-refractivity contribution is -0.384. The summed E-state index contributed by atoms with van der Waals surface area (Å²) in [5, 5.41) is 17.3. The predicted molar refractivity (Wildman–Crippen MR) is 96.0 cm³/mol. The van der Waals surface area contributed by atoms with Crippen LogP contribution in [0.4, 0.5) is 11.4 Å². The highest BCUT2D eigenvalue weighted by Crippen LogP contribution is 2.31. The molecule has 1 saturated heterocycles. The minimum absolute atomic E-state index is 0.0184. The molecule has 1 heterocycles. The number of rotatable bonds is 4. The first-order valence-electron chi connectivity index (χ1n) is 7.81. The Labute approximate surface area is 143 Å². The molecule has 0 aromatic heterocycles. The summed E-state index contributed by atoms with van der Waals surface area (Å²) in [7, 11) is 1.63. The quantitative estimate of drug-likeness (QED) is 0.496. The number of aliphatic imine (C=N–C) groups is 1. The van der Waals surface area contributed by atoms with Crippen molar-refractivity contribution in [2.75, 3.05) is 12.4 Å². The van der Waals surface area contributed by atoms with E-state index in [1.807, 2.05) is 0 Å². The molecule has 1 aromatic rings. The maximum atomic E-state index is 12.1. The van der Waals surface area contributed by atoms with E-state index in [0.717, 1.165) is 12.8 Å². The van der Waals surface area contributed by atoms with Gasteiger partial charge in [-0.1, -0.05) is 18.9 Å². The number of anilines is 1. The molecular formula is C16H18N4O3S. The van der Waals surface area contributed by atoms with E-state index in [-0.39, 0.29) is 11.6 Å². The Kier molecular flexibility index (Phi) is 4.84. The average Bonchev–Trinajstić information content (AvgIpc) is 3.18. The van der Waals surface area contributed by atoms with E-state index in [1.54, 1.807) is 25.3 Å². The van der Waals surface area contributed by atoms with Crippen LogP contribution in [0.1, 0.15) is 31.2 Å². The normalized spacial score (nSPS) is 21.5. The van der Waals surface area contributed by atoms with Crippen LogP contribution in [0.5, 0.6) is 0 Å². The predicted octanol–water partition coefficient (Wildman–Crippen LogP) is 3.14. The van der Waals surface area contributed by atoms with Crippen molar-refractivity contribution in [1.82, 2.24) is 5.32 Å². The van der Waals surface area contributed by atoms with Crippen molar-refractivity contribution < 1.29 is 9.72 Å². The van der Waals surface area contributed by atoms with Gasteiger partial charge in [0.25, 0.3) is 11.6 Å². The van der Waals surface area contributed by atoms with E-state index >= 15 is 0 Å². The third kappa shape index (κ3) is 3.59. The first kappa shape index (κ1) is 16.5. The Morgan fingerprint density at radius 2 is 2.17 bits per heavy atom. The molecule has 0 atom stereocenters. The van der Waals surface area contributed by atoms with Crippen molar-refractivity contribution in [2.24, 2.45) is 4.99 Å². The average molecular weight is 346 g/mol. The van der Waals surface area contributed by atoms with Crippen molar-refractivity contribution in [3.8, 4) is 0 Å². The minimum Gasteiger partial charge on any atom is -0.383 e. The molecule has 0 bridgehead atoms.